The zero-order valence-corrected chi connectivity index (χ0v) is 15.9. The second kappa shape index (κ2) is 8.06. The second-order valence-corrected chi connectivity index (χ2v) is 6.90. The summed E-state index contributed by atoms with van der Waals surface area (Å²) in [5.41, 5.74) is 2.36. The van der Waals surface area contributed by atoms with Crippen molar-refractivity contribution in [1.29, 1.82) is 0 Å². The molecule has 6 nitrogen and oxygen atoms in total. The van der Waals surface area contributed by atoms with Gasteiger partial charge in [-0.05, 0) is 35.2 Å². The van der Waals surface area contributed by atoms with E-state index in [1.165, 1.54) is 11.3 Å². The van der Waals surface area contributed by atoms with Gasteiger partial charge in [-0.25, -0.2) is 0 Å². The fourth-order valence-corrected chi connectivity index (χ4v) is 3.43. The number of hydrogen-bond donors (Lipinski definition) is 1. The standard InChI is InChI=1S/C21H17N3O3S/c1-26-17-10-9-15(12-16(17)14-6-3-2-4-7-14)21(25)22-13-19-23-20(24-27-19)18-8-5-11-28-18/h2-12H,13H2,1H3,(H,22,25). The minimum absolute atomic E-state index is 0.157. The zero-order chi connectivity index (χ0) is 19.3. The highest BCUT2D eigenvalue weighted by Gasteiger charge is 2.14. The normalized spacial score (nSPS) is 10.6. The third-order valence-corrected chi connectivity index (χ3v) is 5.02. The molecule has 0 bridgehead atoms. The lowest BCUT2D eigenvalue weighted by Gasteiger charge is -2.11. The third-order valence-electron chi connectivity index (χ3n) is 4.16. The predicted molar refractivity (Wildman–Crippen MR) is 107 cm³/mol. The molecule has 0 aliphatic carbocycles. The van der Waals surface area contributed by atoms with Gasteiger partial charge in [-0.15, -0.1) is 11.3 Å². The third kappa shape index (κ3) is 3.79. The Labute approximate surface area is 165 Å². The van der Waals surface area contributed by atoms with E-state index in [9.17, 15) is 4.79 Å². The molecule has 0 spiro atoms. The average molecular weight is 391 g/mol. The van der Waals surface area contributed by atoms with E-state index in [4.69, 9.17) is 9.26 Å². The maximum absolute atomic E-state index is 12.6. The van der Waals surface area contributed by atoms with E-state index < -0.39 is 0 Å². The van der Waals surface area contributed by atoms with E-state index >= 15 is 0 Å². The molecule has 140 valence electrons. The number of nitrogens with one attached hydrogen (secondary N) is 1. The largest absolute Gasteiger partial charge is 0.496 e. The van der Waals surface area contributed by atoms with Crippen LogP contribution in [-0.2, 0) is 6.54 Å². The summed E-state index contributed by atoms with van der Waals surface area (Å²) >= 11 is 1.53. The van der Waals surface area contributed by atoms with Crippen LogP contribution >= 0.6 is 11.3 Å². The van der Waals surface area contributed by atoms with Gasteiger partial charge in [0.2, 0.25) is 11.7 Å². The van der Waals surface area contributed by atoms with Crippen LogP contribution < -0.4 is 10.1 Å². The van der Waals surface area contributed by atoms with Gasteiger partial charge in [-0.2, -0.15) is 4.98 Å². The Bertz CT molecular complexity index is 1080. The number of carbonyl (C=O) groups excluding carboxylic acids is 1. The SMILES string of the molecule is COc1ccc(C(=O)NCc2nc(-c3cccs3)no2)cc1-c1ccccc1. The molecule has 0 unspecified atom stereocenters. The van der Waals surface area contributed by atoms with Gasteiger partial charge in [0.25, 0.3) is 5.91 Å². The number of benzene rings is 2. The molecule has 2 aromatic heterocycles. The van der Waals surface area contributed by atoms with Crippen LogP contribution in [0.1, 0.15) is 16.2 Å². The molecule has 28 heavy (non-hydrogen) atoms. The summed E-state index contributed by atoms with van der Waals surface area (Å²) in [6.07, 6.45) is 0. The summed E-state index contributed by atoms with van der Waals surface area (Å²) in [4.78, 5) is 17.8. The molecule has 2 aromatic carbocycles. The number of amides is 1. The van der Waals surface area contributed by atoms with Crippen molar-refractivity contribution in [3.63, 3.8) is 0 Å². The highest BCUT2D eigenvalue weighted by Crippen LogP contribution is 2.30. The molecule has 0 aliphatic heterocycles. The van der Waals surface area contributed by atoms with Gasteiger partial charge in [0.1, 0.15) is 5.75 Å². The monoisotopic (exact) mass is 391 g/mol. The number of nitrogens with zero attached hydrogens (tertiary/aromatic N) is 2. The molecule has 0 radical (unpaired) electrons. The van der Waals surface area contributed by atoms with Crippen LogP contribution in [-0.4, -0.2) is 23.2 Å². The first-order chi connectivity index (χ1) is 13.7. The van der Waals surface area contributed by atoms with Gasteiger partial charge in [0.15, 0.2) is 0 Å². The molecule has 0 fully saturated rings. The summed E-state index contributed by atoms with van der Waals surface area (Å²) in [7, 11) is 1.61. The van der Waals surface area contributed by atoms with E-state index in [0.717, 1.165) is 16.0 Å². The second-order valence-electron chi connectivity index (χ2n) is 5.95. The number of aromatic nitrogens is 2. The van der Waals surface area contributed by atoms with Crippen molar-refractivity contribution < 1.29 is 14.1 Å². The first-order valence-electron chi connectivity index (χ1n) is 8.63. The van der Waals surface area contributed by atoms with Crippen LogP contribution in [0.15, 0.2) is 70.6 Å². The summed E-state index contributed by atoms with van der Waals surface area (Å²) in [6, 6.07) is 19.0. The van der Waals surface area contributed by atoms with Gasteiger partial charge in [-0.3, -0.25) is 4.79 Å². The maximum Gasteiger partial charge on any atom is 0.251 e. The van der Waals surface area contributed by atoms with Crippen molar-refractivity contribution in [3.05, 3.63) is 77.5 Å². The number of carbonyl (C=O) groups is 1. The minimum Gasteiger partial charge on any atom is -0.496 e. The molecular formula is C21H17N3O3S. The van der Waals surface area contributed by atoms with Gasteiger partial charge in [-0.1, -0.05) is 41.6 Å². The number of methoxy groups -OCH3 is 1. The summed E-state index contributed by atoms with van der Waals surface area (Å²) < 4.78 is 10.7. The molecule has 4 rings (SSSR count). The van der Waals surface area contributed by atoms with Crippen molar-refractivity contribution in [2.45, 2.75) is 6.54 Å². The number of thiophene rings is 1. The molecule has 0 aliphatic rings. The average Bonchev–Trinajstić information content (AvgIpc) is 3.44. The van der Waals surface area contributed by atoms with Gasteiger partial charge in [0.05, 0.1) is 18.5 Å². The lowest BCUT2D eigenvalue weighted by atomic mass is 10.0. The fraction of sp³-hybridized carbons (Fsp3) is 0.0952. The van der Waals surface area contributed by atoms with Crippen LogP contribution in [0, 0.1) is 0 Å². The lowest BCUT2D eigenvalue weighted by Crippen LogP contribution is -2.23. The van der Waals surface area contributed by atoms with Crippen LogP contribution in [0.5, 0.6) is 5.75 Å². The van der Waals surface area contributed by atoms with E-state index in [1.54, 1.807) is 19.2 Å². The molecule has 0 saturated heterocycles. The molecule has 1 amide bonds. The van der Waals surface area contributed by atoms with Crippen molar-refractivity contribution >= 4 is 17.2 Å². The van der Waals surface area contributed by atoms with Gasteiger partial charge in [0, 0.05) is 11.1 Å². The van der Waals surface area contributed by atoms with E-state index in [2.05, 4.69) is 15.5 Å². The number of rotatable bonds is 6. The Balaban J connectivity index is 1.49. The molecular weight excluding hydrogens is 374 g/mol. The smallest absolute Gasteiger partial charge is 0.251 e. The predicted octanol–water partition coefficient (Wildman–Crippen LogP) is 4.40. The highest BCUT2D eigenvalue weighted by molar-refractivity contribution is 7.13. The maximum atomic E-state index is 12.6. The quantitative estimate of drug-likeness (QED) is 0.527. The van der Waals surface area contributed by atoms with Crippen molar-refractivity contribution in [1.82, 2.24) is 15.5 Å². The van der Waals surface area contributed by atoms with Crippen LogP contribution in [0.3, 0.4) is 0 Å². The lowest BCUT2D eigenvalue weighted by molar-refractivity contribution is 0.0946. The van der Waals surface area contributed by atoms with Crippen LogP contribution in [0.2, 0.25) is 0 Å². The first-order valence-corrected chi connectivity index (χ1v) is 9.50. The van der Waals surface area contributed by atoms with E-state index in [1.807, 2.05) is 53.9 Å². The molecule has 0 saturated carbocycles. The van der Waals surface area contributed by atoms with Gasteiger partial charge < -0.3 is 14.6 Å². The summed E-state index contributed by atoms with van der Waals surface area (Å²) in [5.74, 6) is 1.36. The van der Waals surface area contributed by atoms with Gasteiger partial charge >= 0.3 is 0 Å². The van der Waals surface area contributed by atoms with Crippen molar-refractivity contribution in [2.24, 2.45) is 0 Å². The first kappa shape index (κ1) is 17.9. The van der Waals surface area contributed by atoms with Crippen molar-refractivity contribution in [2.75, 3.05) is 7.11 Å². The topological polar surface area (TPSA) is 77.2 Å². The summed E-state index contributed by atoms with van der Waals surface area (Å²) in [5, 5.41) is 8.71. The number of ether oxygens (including phenoxy) is 1. The van der Waals surface area contributed by atoms with Crippen LogP contribution in [0.25, 0.3) is 21.8 Å². The highest BCUT2D eigenvalue weighted by atomic mass is 32.1. The fourth-order valence-electron chi connectivity index (χ4n) is 2.78. The van der Waals surface area contributed by atoms with Crippen molar-refractivity contribution in [3.8, 4) is 27.6 Å². The molecule has 2 heterocycles. The molecule has 0 atom stereocenters. The Kier molecular flexibility index (Phi) is 5.16. The molecule has 4 aromatic rings. The zero-order valence-electron chi connectivity index (χ0n) is 15.1. The Morgan fingerprint density at radius 3 is 2.75 bits per heavy atom. The summed E-state index contributed by atoms with van der Waals surface area (Å²) in [6.45, 7) is 0.157. The molecule has 1 N–H and O–H groups in total. The van der Waals surface area contributed by atoms with E-state index in [-0.39, 0.29) is 12.5 Å². The van der Waals surface area contributed by atoms with E-state index in [0.29, 0.717) is 23.0 Å². The van der Waals surface area contributed by atoms with Crippen LogP contribution in [0.4, 0.5) is 0 Å². The number of hydrogen-bond acceptors (Lipinski definition) is 6. The Hall–Kier alpha value is -3.45. The Morgan fingerprint density at radius 1 is 1.14 bits per heavy atom. The molecule has 7 heteroatoms. The Morgan fingerprint density at radius 2 is 2.00 bits per heavy atom. The minimum atomic E-state index is -0.226.